The van der Waals surface area contributed by atoms with Crippen molar-refractivity contribution in [2.24, 2.45) is 0 Å². The van der Waals surface area contributed by atoms with Gasteiger partial charge in [-0.3, -0.25) is 14.7 Å². The second-order valence-corrected chi connectivity index (χ2v) is 8.04. The molecule has 0 atom stereocenters. The number of aromatic nitrogens is 3. The summed E-state index contributed by atoms with van der Waals surface area (Å²) in [5.74, 6) is 1.58. The van der Waals surface area contributed by atoms with Crippen LogP contribution in [0, 0.1) is 6.92 Å². The molecule has 0 spiro atoms. The summed E-state index contributed by atoms with van der Waals surface area (Å²) in [6.07, 6.45) is 7.10. The van der Waals surface area contributed by atoms with Crippen molar-refractivity contribution >= 4 is 11.9 Å². The first-order chi connectivity index (χ1) is 15.0. The molecule has 4 rings (SSSR count). The first-order valence-electron chi connectivity index (χ1n) is 10.6. The number of nitrogens with one attached hydrogen (secondary N) is 1. The summed E-state index contributed by atoms with van der Waals surface area (Å²) in [6, 6.07) is 6.01. The topological polar surface area (TPSA) is 87.4 Å². The van der Waals surface area contributed by atoms with Gasteiger partial charge in [0.05, 0.1) is 18.5 Å². The number of aryl methyl sites for hydroxylation is 1. The molecule has 4 heterocycles. The molecule has 1 aliphatic rings. The maximum Gasteiger partial charge on any atom is 0.234 e. The van der Waals surface area contributed by atoms with Crippen molar-refractivity contribution in [1.82, 2.24) is 25.2 Å². The van der Waals surface area contributed by atoms with E-state index in [0.29, 0.717) is 12.5 Å². The molecular formula is C23H28N6O2. The third-order valence-electron chi connectivity index (χ3n) is 5.35. The third-order valence-corrected chi connectivity index (χ3v) is 5.35. The van der Waals surface area contributed by atoms with Crippen LogP contribution in [0.2, 0.25) is 0 Å². The summed E-state index contributed by atoms with van der Waals surface area (Å²) in [5, 5.41) is 2.95. The Morgan fingerprint density at radius 2 is 1.87 bits per heavy atom. The highest BCUT2D eigenvalue weighted by atomic mass is 16.3. The molecule has 1 amide bonds. The van der Waals surface area contributed by atoms with Gasteiger partial charge >= 0.3 is 0 Å². The molecule has 3 aromatic rings. The Hall–Kier alpha value is -3.26. The number of anilines is 1. The van der Waals surface area contributed by atoms with Gasteiger partial charge in [-0.1, -0.05) is 0 Å². The third kappa shape index (κ3) is 4.91. The minimum absolute atomic E-state index is 0.0686. The minimum atomic E-state index is 0.0686. The molecule has 3 aromatic heterocycles. The normalized spacial score (nSPS) is 14.8. The van der Waals surface area contributed by atoms with E-state index in [1.54, 1.807) is 18.7 Å². The van der Waals surface area contributed by atoms with Gasteiger partial charge in [0.1, 0.15) is 5.76 Å². The number of rotatable bonds is 6. The van der Waals surface area contributed by atoms with Crippen LogP contribution in [0.4, 0.5) is 5.95 Å². The maximum atomic E-state index is 12.0. The van der Waals surface area contributed by atoms with Gasteiger partial charge in [-0.2, -0.15) is 0 Å². The molecule has 0 unspecified atom stereocenters. The zero-order valence-electron chi connectivity index (χ0n) is 18.2. The second-order valence-electron chi connectivity index (χ2n) is 8.04. The van der Waals surface area contributed by atoms with E-state index in [9.17, 15) is 4.79 Å². The van der Waals surface area contributed by atoms with Crippen LogP contribution in [0.3, 0.4) is 0 Å². The highest BCUT2D eigenvalue weighted by molar-refractivity contribution is 5.81. The molecule has 0 bridgehead atoms. The van der Waals surface area contributed by atoms with Gasteiger partial charge in [0.25, 0.3) is 0 Å². The fraction of sp³-hybridized carbons (Fsp3) is 0.391. The van der Waals surface area contributed by atoms with Gasteiger partial charge in [-0.25, -0.2) is 9.97 Å². The minimum Gasteiger partial charge on any atom is -0.469 e. The summed E-state index contributed by atoms with van der Waals surface area (Å²) in [5.41, 5.74) is 3.76. The molecule has 1 N–H and O–H groups in total. The van der Waals surface area contributed by atoms with E-state index < -0.39 is 0 Å². The number of carbonyl (C=O) groups is 1. The van der Waals surface area contributed by atoms with E-state index in [2.05, 4.69) is 25.1 Å². The summed E-state index contributed by atoms with van der Waals surface area (Å²) in [7, 11) is 0. The number of nitrogens with zero attached hydrogens (tertiary/aromatic N) is 5. The van der Waals surface area contributed by atoms with Crippen LogP contribution in [0.25, 0.3) is 22.4 Å². The Balaban J connectivity index is 1.54. The van der Waals surface area contributed by atoms with E-state index in [0.717, 1.165) is 54.3 Å². The average Bonchev–Trinajstić information content (AvgIpc) is 3.19. The maximum absolute atomic E-state index is 12.0. The van der Waals surface area contributed by atoms with Crippen molar-refractivity contribution in [2.75, 3.05) is 37.6 Å². The van der Waals surface area contributed by atoms with Gasteiger partial charge in [-0.15, -0.1) is 0 Å². The van der Waals surface area contributed by atoms with E-state index in [-0.39, 0.29) is 11.9 Å². The standard InChI is InChI=1S/C23H28N6O2/c1-16(2)26-21(30)15-28-9-11-29(12-10-28)23-25-14-20(18-4-7-24-8-5-18)22(27-23)19-6-13-31-17(19)3/h4-8,13-14,16H,9-12,15H2,1-3H3,(H,26,30). The van der Waals surface area contributed by atoms with Crippen molar-refractivity contribution < 1.29 is 9.21 Å². The van der Waals surface area contributed by atoms with Crippen LogP contribution in [0.5, 0.6) is 0 Å². The second kappa shape index (κ2) is 9.26. The molecule has 0 aromatic carbocycles. The number of furan rings is 1. The SMILES string of the molecule is Cc1occc1-c1nc(N2CCN(CC(=O)NC(C)C)CC2)ncc1-c1ccncc1. The van der Waals surface area contributed by atoms with Crippen molar-refractivity contribution in [3.63, 3.8) is 0 Å². The van der Waals surface area contributed by atoms with E-state index in [4.69, 9.17) is 9.40 Å². The number of pyridine rings is 1. The lowest BCUT2D eigenvalue weighted by Gasteiger charge is -2.34. The smallest absolute Gasteiger partial charge is 0.234 e. The molecule has 0 radical (unpaired) electrons. The number of hydrogen-bond donors (Lipinski definition) is 1. The Labute approximate surface area is 182 Å². The van der Waals surface area contributed by atoms with Gasteiger partial charge in [0.2, 0.25) is 11.9 Å². The quantitative estimate of drug-likeness (QED) is 0.656. The Morgan fingerprint density at radius 3 is 2.52 bits per heavy atom. The van der Waals surface area contributed by atoms with Gasteiger partial charge in [0, 0.05) is 61.9 Å². The van der Waals surface area contributed by atoms with E-state index >= 15 is 0 Å². The number of piperazine rings is 1. The fourth-order valence-corrected chi connectivity index (χ4v) is 3.78. The largest absolute Gasteiger partial charge is 0.469 e. The monoisotopic (exact) mass is 420 g/mol. The molecule has 0 aliphatic carbocycles. The van der Waals surface area contributed by atoms with Crippen molar-refractivity contribution in [3.05, 3.63) is 48.8 Å². The van der Waals surface area contributed by atoms with E-state index in [1.807, 2.05) is 45.2 Å². The molecule has 1 fully saturated rings. The van der Waals surface area contributed by atoms with Crippen molar-refractivity contribution in [1.29, 1.82) is 0 Å². The Kier molecular flexibility index (Phi) is 6.27. The summed E-state index contributed by atoms with van der Waals surface area (Å²) in [6.45, 7) is 9.44. The average molecular weight is 421 g/mol. The van der Waals surface area contributed by atoms with Crippen LogP contribution in [-0.4, -0.2) is 64.5 Å². The molecule has 1 saturated heterocycles. The molecular weight excluding hydrogens is 392 g/mol. The van der Waals surface area contributed by atoms with Crippen LogP contribution in [0.15, 0.2) is 47.5 Å². The lowest BCUT2D eigenvalue weighted by molar-refractivity contribution is -0.122. The Morgan fingerprint density at radius 1 is 1.13 bits per heavy atom. The zero-order valence-corrected chi connectivity index (χ0v) is 18.2. The van der Waals surface area contributed by atoms with Gasteiger partial charge < -0.3 is 14.6 Å². The lowest BCUT2D eigenvalue weighted by Crippen LogP contribution is -2.50. The molecule has 1 aliphatic heterocycles. The van der Waals surface area contributed by atoms with E-state index in [1.165, 1.54) is 0 Å². The highest BCUT2D eigenvalue weighted by Crippen LogP contribution is 2.33. The van der Waals surface area contributed by atoms with Crippen LogP contribution < -0.4 is 10.2 Å². The molecule has 162 valence electrons. The van der Waals surface area contributed by atoms with Crippen LogP contribution in [-0.2, 0) is 4.79 Å². The Bertz CT molecular complexity index is 1030. The first kappa shape index (κ1) is 21.0. The van der Waals surface area contributed by atoms with Gasteiger partial charge in [0.15, 0.2) is 0 Å². The summed E-state index contributed by atoms with van der Waals surface area (Å²) < 4.78 is 5.54. The number of amides is 1. The molecule has 31 heavy (non-hydrogen) atoms. The summed E-state index contributed by atoms with van der Waals surface area (Å²) >= 11 is 0. The van der Waals surface area contributed by atoms with Crippen LogP contribution in [0.1, 0.15) is 19.6 Å². The molecule has 8 heteroatoms. The fourth-order valence-electron chi connectivity index (χ4n) is 3.78. The predicted molar refractivity (Wildman–Crippen MR) is 120 cm³/mol. The molecule has 8 nitrogen and oxygen atoms in total. The number of carbonyl (C=O) groups excluding carboxylic acids is 1. The van der Waals surface area contributed by atoms with Gasteiger partial charge in [-0.05, 0) is 44.5 Å². The summed E-state index contributed by atoms with van der Waals surface area (Å²) in [4.78, 5) is 30.1. The molecule has 0 saturated carbocycles. The van der Waals surface area contributed by atoms with Crippen LogP contribution >= 0.6 is 0 Å². The number of hydrogen-bond acceptors (Lipinski definition) is 7. The first-order valence-corrected chi connectivity index (χ1v) is 10.6. The predicted octanol–water partition coefficient (Wildman–Crippen LogP) is 2.75. The van der Waals surface area contributed by atoms with Crippen molar-refractivity contribution in [3.8, 4) is 22.4 Å². The van der Waals surface area contributed by atoms with Crippen molar-refractivity contribution in [2.45, 2.75) is 26.8 Å². The zero-order chi connectivity index (χ0) is 21.8. The lowest BCUT2D eigenvalue weighted by atomic mass is 10.0. The highest BCUT2D eigenvalue weighted by Gasteiger charge is 2.23.